The molecule has 2 rings (SSSR count). The average Bonchev–Trinajstić information content (AvgIpc) is 2.59. The molecule has 0 radical (unpaired) electrons. The molecule has 138 valence electrons. The third kappa shape index (κ3) is 6.22. The third-order valence-electron chi connectivity index (χ3n) is 4.58. The lowest BCUT2D eigenvalue weighted by molar-refractivity contribution is -0.122. The minimum atomic E-state index is -2.60. The molecular formula is C16H27F2N3O3. The van der Waals surface area contributed by atoms with Gasteiger partial charge >= 0.3 is 6.03 Å². The Balaban J connectivity index is 1.57. The molecule has 1 saturated heterocycles. The Morgan fingerprint density at radius 1 is 1.12 bits per heavy atom. The van der Waals surface area contributed by atoms with Crippen LogP contribution in [0.25, 0.3) is 0 Å². The van der Waals surface area contributed by atoms with E-state index in [4.69, 9.17) is 4.74 Å². The van der Waals surface area contributed by atoms with Gasteiger partial charge in [0.05, 0.1) is 13.2 Å². The molecule has 0 aromatic rings. The number of rotatable bonds is 6. The van der Waals surface area contributed by atoms with Crippen molar-refractivity contribution in [1.29, 1.82) is 0 Å². The van der Waals surface area contributed by atoms with Crippen LogP contribution in [0.4, 0.5) is 13.6 Å². The number of hydrogen-bond acceptors (Lipinski definition) is 3. The first-order valence-corrected chi connectivity index (χ1v) is 8.75. The topological polar surface area (TPSA) is 70.7 Å². The summed E-state index contributed by atoms with van der Waals surface area (Å²) in [7, 11) is 0. The maximum atomic E-state index is 12.6. The minimum Gasteiger partial charge on any atom is -0.369 e. The van der Waals surface area contributed by atoms with Gasteiger partial charge < -0.3 is 20.3 Å². The first-order valence-electron chi connectivity index (χ1n) is 8.75. The predicted molar refractivity (Wildman–Crippen MR) is 84.9 cm³/mol. The summed E-state index contributed by atoms with van der Waals surface area (Å²) in [6.07, 6.45) is 2.63. The second-order valence-corrected chi connectivity index (χ2v) is 6.48. The molecule has 1 unspecified atom stereocenters. The maximum absolute atomic E-state index is 12.6. The van der Waals surface area contributed by atoms with E-state index in [-0.39, 0.29) is 25.6 Å². The number of nitrogens with one attached hydrogen (secondary N) is 2. The van der Waals surface area contributed by atoms with Gasteiger partial charge in [0.15, 0.2) is 0 Å². The molecule has 0 aromatic carbocycles. The van der Waals surface area contributed by atoms with Crippen molar-refractivity contribution in [3.05, 3.63) is 0 Å². The van der Waals surface area contributed by atoms with E-state index in [1.54, 1.807) is 0 Å². The largest absolute Gasteiger partial charge is 0.369 e. The Bertz CT molecular complexity index is 417. The molecule has 2 N–H and O–H groups in total. The van der Waals surface area contributed by atoms with Crippen LogP contribution in [0, 0.1) is 5.92 Å². The van der Waals surface area contributed by atoms with Gasteiger partial charge in [0.25, 0.3) is 6.43 Å². The molecule has 0 bridgehead atoms. The average molecular weight is 347 g/mol. The van der Waals surface area contributed by atoms with Crippen LogP contribution in [0.2, 0.25) is 0 Å². The van der Waals surface area contributed by atoms with Crippen molar-refractivity contribution in [3.8, 4) is 0 Å². The summed E-state index contributed by atoms with van der Waals surface area (Å²) in [5.74, 6) is 0.494. The summed E-state index contributed by atoms with van der Waals surface area (Å²) < 4.78 is 30.1. The van der Waals surface area contributed by atoms with Crippen molar-refractivity contribution in [2.24, 2.45) is 5.92 Å². The van der Waals surface area contributed by atoms with Crippen LogP contribution in [0.5, 0.6) is 0 Å². The number of carbonyl (C=O) groups excluding carboxylic acids is 2. The quantitative estimate of drug-likeness (QED) is 0.719. The van der Waals surface area contributed by atoms with E-state index in [9.17, 15) is 18.4 Å². The highest BCUT2D eigenvalue weighted by Crippen LogP contribution is 2.25. The number of amides is 3. The number of ether oxygens (including phenoxy) is 1. The van der Waals surface area contributed by atoms with E-state index in [1.165, 1.54) is 24.2 Å². The van der Waals surface area contributed by atoms with Gasteiger partial charge in [-0.05, 0) is 18.8 Å². The summed E-state index contributed by atoms with van der Waals surface area (Å²) in [5, 5.41) is 5.44. The van der Waals surface area contributed by atoms with Gasteiger partial charge in [-0.15, -0.1) is 0 Å². The van der Waals surface area contributed by atoms with Gasteiger partial charge in [-0.3, -0.25) is 4.79 Å². The SMILES string of the molecule is O=C(CC1CCCCC1)NCCNC(=O)N1CCOC(C(F)F)C1. The van der Waals surface area contributed by atoms with Gasteiger partial charge in [-0.25, -0.2) is 13.6 Å². The molecule has 1 heterocycles. The van der Waals surface area contributed by atoms with Crippen LogP contribution in [-0.4, -0.2) is 62.2 Å². The third-order valence-corrected chi connectivity index (χ3v) is 4.58. The molecule has 3 amide bonds. The summed E-state index contributed by atoms with van der Waals surface area (Å²) in [4.78, 5) is 25.1. The van der Waals surface area contributed by atoms with E-state index in [0.29, 0.717) is 25.4 Å². The van der Waals surface area contributed by atoms with E-state index in [1.807, 2.05) is 0 Å². The molecule has 2 aliphatic rings. The van der Waals surface area contributed by atoms with Crippen LogP contribution < -0.4 is 10.6 Å². The molecule has 1 saturated carbocycles. The first kappa shape index (κ1) is 18.9. The van der Waals surface area contributed by atoms with Gasteiger partial charge in [0, 0.05) is 26.1 Å². The van der Waals surface area contributed by atoms with Crippen LogP contribution in [0.15, 0.2) is 0 Å². The minimum absolute atomic E-state index is 0.0142. The second kappa shape index (κ2) is 9.76. The molecular weight excluding hydrogens is 320 g/mol. The molecule has 0 spiro atoms. The zero-order valence-electron chi connectivity index (χ0n) is 13.9. The Morgan fingerprint density at radius 3 is 2.54 bits per heavy atom. The highest BCUT2D eigenvalue weighted by Gasteiger charge is 2.30. The van der Waals surface area contributed by atoms with Crippen molar-refractivity contribution in [2.45, 2.75) is 51.1 Å². The zero-order chi connectivity index (χ0) is 17.4. The first-order chi connectivity index (χ1) is 11.6. The highest BCUT2D eigenvalue weighted by molar-refractivity contribution is 5.76. The molecule has 0 aromatic heterocycles. The number of nitrogens with zero attached hydrogens (tertiary/aromatic N) is 1. The lowest BCUT2D eigenvalue weighted by Crippen LogP contribution is -2.52. The Morgan fingerprint density at radius 2 is 1.83 bits per heavy atom. The number of halogens is 2. The standard InChI is InChI=1S/C16H27F2N3O3/c17-15(18)13-11-21(8-9-24-13)16(23)20-7-6-19-14(22)10-12-4-2-1-3-5-12/h12-13,15H,1-11H2,(H,19,22)(H,20,23). The van der Waals surface area contributed by atoms with Crippen LogP contribution >= 0.6 is 0 Å². The Labute approximate surface area is 141 Å². The van der Waals surface area contributed by atoms with Crippen molar-refractivity contribution in [2.75, 3.05) is 32.8 Å². The van der Waals surface area contributed by atoms with Crippen molar-refractivity contribution in [3.63, 3.8) is 0 Å². The maximum Gasteiger partial charge on any atom is 0.317 e. The summed E-state index contributed by atoms with van der Waals surface area (Å²) >= 11 is 0. The molecule has 24 heavy (non-hydrogen) atoms. The van der Waals surface area contributed by atoms with Gasteiger partial charge in [-0.2, -0.15) is 0 Å². The number of morpholine rings is 1. The predicted octanol–water partition coefficient (Wildman–Crippen LogP) is 1.75. The highest BCUT2D eigenvalue weighted by atomic mass is 19.3. The number of urea groups is 1. The smallest absolute Gasteiger partial charge is 0.317 e. The van der Waals surface area contributed by atoms with E-state index < -0.39 is 18.6 Å². The van der Waals surface area contributed by atoms with Gasteiger partial charge in [0.2, 0.25) is 5.91 Å². The number of hydrogen-bond donors (Lipinski definition) is 2. The fourth-order valence-corrected chi connectivity index (χ4v) is 3.22. The summed E-state index contributed by atoms with van der Waals surface area (Å²) in [6, 6.07) is -0.398. The van der Waals surface area contributed by atoms with Crippen molar-refractivity contribution < 1.29 is 23.1 Å². The monoisotopic (exact) mass is 347 g/mol. The van der Waals surface area contributed by atoms with Crippen molar-refractivity contribution in [1.82, 2.24) is 15.5 Å². The molecule has 1 aliphatic carbocycles. The Hall–Kier alpha value is -1.44. The second-order valence-electron chi connectivity index (χ2n) is 6.48. The molecule has 2 fully saturated rings. The summed E-state index contributed by atoms with van der Waals surface area (Å²) in [5.41, 5.74) is 0. The number of carbonyl (C=O) groups is 2. The lowest BCUT2D eigenvalue weighted by Gasteiger charge is -2.32. The van der Waals surface area contributed by atoms with Gasteiger partial charge in [-0.1, -0.05) is 19.3 Å². The van der Waals surface area contributed by atoms with Crippen LogP contribution in [-0.2, 0) is 9.53 Å². The number of alkyl halides is 2. The molecule has 8 heteroatoms. The molecule has 1 aliphatic heterocycles. The Kier molecular flexibility index (Phi) is 7.68. The molecule has 1 atom stereocenters. The normalized spacial score (nSPS) is 22.5. The van der Waals surface area contributed by atoms with Crippen molar-refractivity contribution >= 4 is 11.9 Å². The van der Waals surface area contributed by atoms with Gasteiger partial charge in [0.1, 0.15) is 6.10 Å². The van der Waals surface area contributed by atoms with Crippen LogP contribution in [0.3, 0.4) is 0 Å². The lowest BCUT2D eigenvalue weighted by atomic mass is 9.87. The summed E-state index contributed by atoms with van der Waals surface area (Å²) in [6.45, 7) is 0.924. The fourth-order valence-electron chi connectivity index (χ4n) is 3.22. The molecule has 6 nitrogen and oxygen atoms in total. The fraction of sp³-hybridized carbons (Fsp3) is 0.875. The zero-order valence-corrected chi connectivity index (χ0v) is 13.9. The van der Waals surface area contributed by atoms with E-state index >= 15 is 0 Å². The van der Waals surface area contributed by atoms with E-state index in [2.05, 4.69) is 10.6 Å². The van der Waals surface area contributed by atoms with Crippen LogP contribution in [0.1, 0.15) is 38.5 Å². The van der Waals surface area contributed by atoms with E-state index in [0.717, 1.165) is 12.8 Å².